The highest BCUT2D eigenvalue weighted by atomic mass is 32.2. The van der Waals surface area contributed by atoms with Gasteiger partial charge in [-0.3, -0.25) is 4.79 Å². The third kappa shape index (κ3) is 4.76. The van der Waals surface area contributed by atoms with Gasteiger partial charge in [0.1, 0.15) is 0 Å². The molecule has 1 amide bonds. The number of hydrogen-bond acceptors (Lipinski definition) is 8. The van der Waals surface area contributed by atoms with E-state index in [9.17, 15) is 4.79 Å². The van der Waals surface area contributed by atoms with Gasteiger partial charge in [0, 0.05) is 17.8 Å². The minimum atomic E-state index is -0.296. The van der Waals surface area contributed by atoms with Gasteiger partial charge in [0.05, 0.1) is 19.5 Å². The molecule has 1 fully saturated rings. The van der Waals surface area contributed by atoms with Crippen molar-refractivity contribution in [3.8, 4) is 11.5 Å². The quantitative estimate of drug-likeness (QED) is 0.680. The molecule has 0 aliphatic heterocycles. The van der Waals surface area contributed by atoms with Gasteiger partial charge in [-0.1, -0.05) is 23.1 Å². The third-order valence-electron chi connectivity index (χ3n) is 3.61. The van der Waals surface area contributed by atoms with Crippen molar-refractivity contribution in [1.82, 2.24) is 10.2 Å². The minimum Gasteiger partial charge on any atom is -0.493 e. The average Bonchev–Trinajstić information content (AvgIpc) is 3.32. The topological polar surface area (TPSA) is 85.4 Å². The SMILES string of the molecule is COc1ccc(NC(=O)[C@H](C)Sc2nnc(NC3CC3)s2)cc1OC. The van der Waals surface area contributed by atoms with Gasteiger partial charge >= 0.3 is 0 Å². The molecule has 1 saturated carbocycles. The van der Waals surface area contributed by atoms with E-state index in [4.69, 9.17) is 9.47 Å². The van der Waals surface area contributed by atoms with Crippen molar-refractivity contribution in [1.29, 1.82) is 0 Å². The van der Waals surface area contributed by atoms with E-state index >= 15 is 0 Å². The molecule has 1 aliphatic rings. The van der Waals surface area contributed by atoms with Crippen molar-refractivity contribution in [2.75, 3.05) is 24.9 Å². The highest BCUT2D eigenvalue weighted by Gasteiger charge is 2.23. The Morgan fingerprint density at radius 2 is 2.04 bits per heavy atom. The van der Waals surface area contributed by atoms with E-state index in [1.165, 1.54) is 35.9 Å². The first-order chi connectivity index (χ1) is 12.1. The summed E-state index contributed by atoms with van der Waals surface area (Å²) in [5.74, 6) is 1.08. The largest absolute Gasteiger partial charge is 0.493 e. The number of thioether (sulfide) groups is 1. The molecule has 0 unspecified atom stereocenters. The van der Waals surface area contributed by atoms with Gasteiger partial charge in [0.25, 0.3) is 0 Å². The summed E-state index contributed by atoms with van der Waals surface area (Å²) in [4.78, 5) is 12.4. The van der Waals surface area contributed by atoms with Crippen LogP contribution in [0.1, 0.15) is 19.8 Å². The fraction of sp³-hybridized carbons (Fsp3) is 0.438. The predicted octanol–water partition coefficient (Wildman–Crippen LogP) is 3.25. The molecule has 1 aromatic carbocycles. The second kappa shape index (κ2) is 7.92. The van der Waals surface area contributed by atoms with E-state index in [2.05, 4.69) is 20.8 Å². The molecule has 1 atom stereocenters. The number of anilines is 2. The highest BCUT2D eigenvalue weighted by molar-refractivity contribution is 8.02. The van der Waals surface area contributed by atoms with E-state index in [1.807, 2.05) is 6.92 Å². The molecule has 1 aromatic heterocycles. The van der Waals surface area contributed by atoms with E-state index in [0.29, 0.717) is 23.2 Å². The Morgan fingerprint density at radius 3 is 2.72 bits per heavy atom. The van der Waals surface area contributed by atoms with Crippen LogP contribution in [0, 0.1) is 0 Å². The molecule has 2 N–H and O–H groups in total. The van der Waals surface area contributed by atoms with Crippen LogP contribution in [0.25, 0.3) is 0 Å². The lowest BCUT2D eigenvalue weighted by molar-refractivity contribution is -0.115. The Balaban J connectivity index is 1.57. The fourth-order valence-corrected chi connectivity index (χ4v) is 4.05. The molecule has 1 aliphatic carbocycles. The normalized spacial score (nSPS) is 14.7. The van der Waals surface area contributed by atoms with E-state index in [0.717, 1.165) is 9.47 Å². The Labute approximate surface area is 154 Å². The van der Waals surface area contributed by atoms with Gasteiger partial charge in [-0.15, -0.1) is 10.2 Å². The Morgan fingerprint density at radius 1 is 1.28 bits per heavy atom. The van der Waals surface area contributed by atoms with Gasteiger partial charge in [-0.25, -0.2) is 0 Å². The molecule has 7 nitrogen and oxygen atoms in total. The second-order valence-electron chi connectivity index (χ2n) is 5.61. The number of amides is 1. The van der Waals surface area contributed by atoms with Gasteiger partial charge in [-0.2, -0.15) is 0 Å². The number of aromatic nitrogens is 2. The van der Waals surface area contributed by atoms with Crippen molar-refractivity contribution in [2.45, 2.75) is 35.4 Å². The van der Waals surface area contributed by atoms with Crippen LogP contribution in [0.5, 0.6) is 11.5 Å². The maximum atomic E-state index is 12.4. The zero-order valence-corrected chi connectivity index (χ0v) is 15.9. The summed E-state index contributed by atoms with van der Waals surface area (Å²) in [6.45, 7) is 1.84. The molecule has 0 saturated heterocycles. The monoisotopic (exact) mass is 380 g/mol. The third-order valence-corrected chi connectivity index (χ3v) is 5.65. The van der Waals surface area contributed by atoms with E-state index in [1.54, 1.807) is 32.4 Å². The molecule has 2 aromatic rings. The maximum absolute atomic E-state index is 12.4. The summed E-state index contributed by atoms with van der Waals surface area (Å²) in [5, 5.41) is 14.9. The lowest BCUT2D eigenvalue weighted by Crippen LogP contribution is -2.22. The number of hydrogen-bond donors (Lipinski definition) is 2. The number of methoxy groups -OCH3 is 2. The Hall–Kier alpha value is -2.00. The zero-order chi connectivity index (χ0) is 17.8. The molecule has 0 radical (unpaired) electrons. The number of ether oxygens (including phenoxy) is 2. The molecule has 25 heavy (non-hydrogen) atoms. The average molecular weight is 380 g/mol. The summed E-state index contributed by atoms with van der Waals surface area (Å²) in [7, 11) is 3.13. The van der Waals surface area contributed by atoms with Gasteiger partial charge < -0.3 is 20.1 Å². The fourth-order valence-electron chi connectivity index (χ4n) is 2.08. The number of carbonyl (C=O) groups excluding carboxylic acids is 1. The Bertz CT molecular complexity index is 749. The summed E-state index contributed by atoms with van der Waals surface area (Å²) in [6.07, 6.45) is 2.37. The summed E-state index contributed by atoms with van der Waals surface area (Å²) < 4.78 is 11.2. The molecule has 1 heterocycles. The van der Waals surface area contributed by atoms with Crippen molar-refractivity contribution >= 4 is 39.8 Å². The van der Waals surface area contributed by atoms with Crippen molar-refractivity contribution in [3.63, 3.8) is 0 Å². The smallest absolute Gasteiger partial charge is 0.237 e. The molecular formula is C16H20N4O3S2. The van der Waals surface area contributed by atoms with Crippen molar-refractivity contribution in [3.05, 3.63) is 18.2 Å². The molecule has 0 spiro atoms. The minimum absolute atomic E-state index is 0.107. The zero-order valence-electron chi connectivity index (χ0n) is 14.2. The standard InChI is InChI=1S/C16H20N4O3S2/c1-9(24-16-20-19-15(25-16)18-10-4-5-10)14(21)17-11-6-7-12(22-2)13(8-11)23-3/h6-10H,4-5H2,1-3H3,(H,17,21)(H,18,19)/t9-/m0/s1. The second-order valence-corrected chi connectivity index (χ2v) is 8.18. The molecule has 9 heteroatoms. The lowest BCUT2D eigenvalue weighted by Gasteiger charge is -2.13. The summed E-state index contributed by atoms with van der Waals surface area (Å²) in [6, 6.07) is 5.81. The Kier molecular flexibility index (Phi) is 5.64. The molecule has 3 rings (SSSR count). The van der Waals surface area contributed by atoms with E-state index in [-0.39, 0.29) is 11.2 Å². The van der Waals surface area contributed by atoms with Crippen LogP contribution < -0.4 is 20.1 Å². The first kappa shape index (κ1) is 17.8. The van der Waals surface area contributed by atoms with Crippen LogP contribution >= 0.6 is 23.1 Å². The van der Waals surface area contributed by atoms with Crippen molar-refractivity contribution in [2.24, 2.45) is 0 Å². The summed E-state index contributed by atoms with van der Waals surface area (Å²) >= 11 is 2.87. The van der Waals surface area contributed by atoms with Crippen LogP contribution in [-0.2, 0) is 4.79 Å². The lowest BCUT2D eigenvalue weighted by atomic mass is 10.2. The predicted molar refractivity (Wildman–Crippen MR) is 100 cm³/mol. The number of carbonyl (C=O) groups is 1. The molecular weight excluding hydrogens is 360 g/mol. The number of nitrogens with zero attached hydrogens (tertiary/aromatic N) is 2. The van der Waals surface area contributed by atoms with E-state index < -0.39 is 0 Å². The maximum Gasteiger partial charge on any atom is 0.237 e. The number of benzene rings is 1. The van der Waals surface area contributed by atoms with Crippen LogP contribution in [0.15, 0.2) is 22.5 Å². The summed E-state index contributed by atoms with van der Waals surface area (Å²) in [5.41, 5.74) is 0.656. The van der Waals surface area contributed by atoms with Crippen LogP contribution in [-0.4, -0.2) is 41.6 Å². The first-order valence-corrected chi connectivity index (χ1v) is 9.58. The number of nitrogens with one attached hydrogen (secondary N) is 2. The molecule has 134 valence electrons. The van der Waals surface area contributed by atoms with Gasteiger partial charge in [0.15, 0.2) is 15.8 Å². The molecule has 0 bridgehead atoms. The van der Waals surface area contributed by atoms with Crippen LogP contribution in [0.3, 0.4) is 0 Å². The van der Waals surface area contributed by atoms with Gasteiger partial charge in [-0.05, 0) is 31.9 Å². The van der Waals surface area contributed by atoms with Crippen molar-refractivity contribution < 1.29 is 14.3 Å². The van der Waals surface area contributed by atoms with Crippen LogP contribution in [0.4, 0.5) is 10.8 Å². The number of rotatable bonds is 8. The van der Waals surface area contributed by atoms with Crippen LogP contribution in [0.2, 0.25) is 0 Å². The first-order valence-electron chi connectivity index (χ1n) is 7.88. The highest BCUT2D eigenvalue weighted by Crippen LogP contribution is 2.33. The van der Waals surface area contributed by atoms with Gasteiger partial charge in [0.2, 0.25) is 11.0 Å².